The van der Waals surface area contributed by atoms with E-state index in [0.717, 1.165) is 26.1 Å². The third-order valence-electron chi connectivity index (χ3n) is 3.17. The summed E-state index contributed by atoms with van der Waals surface area (Å²) in [5.41, 5.74) is 0. The summed E-state index contributed by atoms with van der Waals surface area (Å²) in [4.78, 5) is 15.3. The molecule has 0 amide bonds. The second-order valence-corrected chi connectivity index (χ2v) is 4.54. The smallest absolute Gasteiger partial charge is 0.304 e. The van der Waals surface area contributed by atoms with Gasteiger partial charge in [0, 0.05) is 25.2 Å². The highest BCUT2D eigenvalue weighted by Gasteiger charge is 2.29. The van der Waals surface area contributed by atoms with E-state index in [-0.39, 0.29) is 12.5 Å². The van der Waals surface area contributed by atoms with E-state index < -0.39 is 5.97 Å². The molecule has 0 bridgehead atoms. The lowest BCUT2D eigenvalue weighted by Crippen LogP contribution is -2.56. The average Bonchev–Trinajstić information content (AvgIpc) is 2.12. The third kappa shape index (κ3) is 3.47. The number of likely N-dealkylation sites (N-methyl/N-ethyl adjacent to an activating group) is 1. The first-order chi connectivity index (χ1) is 7.04. The number of aliphatic carboxylic acids is 1. The summed E-state index contributed by atoms with van der Waals surface area (Å²) in [5, 5.41) is 8.82. The molecular formula is C11H22N2O2. The standard InChI is InChI=1S/C11H22N2O2/c1-4-5-13-8-10(6-11(14)15)12(3)7-9(13)2/h9-10H,4-8H2,1-3H3,(H,14,15). The van der Waals surface area contributed by atoms with E-state index in [1.807, 2.05) is 7.05 Å². The first-order valence-electron chi connectivity index (χ1n) is 5.70. The van der Waals surface area contributed by atoms with Crippen molar-refractivity contribution in [3.8, 4) is 0 Å². The van der Waals surface area contributed by atoms with Gasteiger partial charge in [0.2, 0.25) is 0 Å². The molecule has 0 aromatic carbocycles. The first kappa shape index (κ1) is 12.5. The fourth-order valence-electron chi connectivity index (χ4n) is 2.29. The molecule has 2 unspecified atom stereocenters. The van der Waals surface area contributed by atoms with Crippen LogP contribution in [0.15, 0.2) is 0 Å². The van der Waals surface area contributed by atoms with Gasteiger partial charge in [0.05, 0.1) is 6.42 Å². The van der Waals surface area contributed by atoms with Gasteiger partial charge >= 0.3 is 5.97 Å². The van der Waals surface area contributed by atoms with Gasteiger partial charge in [-0.3, -0.25) is 9.69 Å². The van der Waals surface area contributed by atoms with Gasteiger partial charge < -0.3 is 10.0 Å². The van der Waals surface area contributed by atoms with Crippen LogP contribution in [0.3, 0.4) is 0 Å². The molecule has 0 aromatic rings. The highest BCUT2D eigenvalue weighted by atomic mass is 16.4. The Labute approximate surface area is 91.9 Å². The van der Waals surface area contributed by atoms with Crippen molar-refractivity contribution in [2.75, 3.05) is 26.7 Å². The molecule has 0 spiro atoms. The molecule has 1 aliphatic heterocycles. The molecule has 2 atom stereocenters. The molecule has 0 aromatic heterocycles. The van der Waals surface area contributed by atoms with Gasteiger partial charge in [0.25, 0.3) is 0 Å². The minimum Gasteiger partial charge on any atom is -0.481 e. The number of nitrogens with zero attached hydrogens (tertiary/aromatic N) is 2. The fraction of sp³-hybridized carbons (Fsp3) is 0.909. The van der Waals surface area contributed by atoms with E-state index in [2.05, 4.69) is 23.6 Å². The van der Waals surface area contributed by atoms with Crippen molar-refractivity contribution in [1.29, 1.82) is 0 Å². The average molecular weight is 214 g/mol. The topological polar surface area (TPSA) is 43.8 Å². The van der Waals surface area contributed by atoms with E-state index in [0.29, 0.717) is 6.04 Å². The number of piperazine rings is 1. The molecule has 88 valence electrons. The van der Waals surface area contributed by atoms with Crippen LogP contribution in [0.4, 0.5) is 0 Å². The monoisotopic (exact) mass is 214 g/mol. The molecule has 1 fully saturated rings. The molecule has 1 saturated heterocycles. The summed E-state index contributed by atoms with van der Waals surface area (Å²) in [7, 11) is 2.02. The number of rotatable bonds is 4. The fourth-order valence-corrected chi connectivity index (χ4v) is 2.29. The van der Waals surface area contributed by atoms with Gasteiger partial charge in [0.15, 0.2) is 0 Å². The van der Waals surface area contributed by atoms with Crippen LogP contribution in [-0.2, 0) is 4.79 Å². The Bertz CT molecular complexity index is 221. The number of carboxylic acid groups (broad SMARTS) is 1. The van der Waals surface area contributed by atoms with Crippen LogP contribution in [0.5, 0.6) is 0 Å². The highest BCUT2D eigenvalue weighted by Crippen LogP contribution is 2.16. The zero-order valence-corrected chi connectivity index (χ0v) is 9.94. The maximum atomic E-state index is 10.7. The second kappa shape index (κ2) is 5.47. The van der Waals surface area contributed by atoms with Gasteiger partial charge in [-0.1, -0.05) is 6.92 Å². The molecule has 1 heterocycles. The Morgan fingerprint density at radius 3 is 2.67 bits per heavy atom. The van der Waals surface area contributed by atoms with Gasteiger partial charge in [-0.25, -0.2) is 0 Å². The second-order valence-electron chi connectivity index (χ2n) is 4.54. The molecule has 1 N–H and O–H groups in total. The first-order valence-corrected chi connectivity index (χ1v) is 5.70. The van der Waals surface area contributed by atoms with Crippen molar-refractivity contribution in [2.24, 2.45) is 0 Å². The van der Waals surface area contributed by atoms with E-state index in [9.17, 15) is 4.79 Å². The van der Waals surface area contributed by atoms with Crippen LogP contribution in [0.2, 0.25) is 0 Å². The van der Waals surface area contributed by atoms with E-state index in [4.69, 9.17) is 5.11 Å². The molecule has 4 heteroatoms. The maximum Gasteiger partial charge on any atom is 0.304 e. The van der Waals surface area contributed by atoms with Gasteiger partial charge in [0.1, 0.15) is 0 Å². The van der Waals surface area contributed by atoms with Crippen molar-refractivity contribution >= 4 is 5.97 Å². The van der Waals surface area contributed by atoms with Gasteiger partial charge in [-0.2, -0.15) is 0 Å². The summed E-state index contributed by atoms with van der Waals surface area (Å²) in [6, 6.07) is 0.713. The van der Waals surface area contributed by atoms with Gasteiger partial charge in [-0.05, 0) is 26.9 Å². The molecule has 0 aliphatic carbocycles. The normalized spacial score (nSPS) is 29.3. The molecule has 1 rings (SSSR count). The summed E-state index contributed by atoms with van der Waals surface area (Å²) in [6.07, 6.45) is 1.39. The summed E-state index contributed by atoms with van der Waals surface area (Å²) >= 11 is 0. The molecule has 15 heavy (non-hydrogen) atoms. The lowest BCUT2D eigenvalue weighted by molar-refractivity contribution is -0.139. The van der Waals surface area contributed by atoms with E-state index in [1.165, 1.54) is 0 Å². The van der Waals surface area contributed by atoms with Crippen LogP contribution < -0.4 is 0 Å². The quantitative estimate of drug-likeness (QED) is 0.754. The minimum atomic E-state index is -0.696. The number of hydrogen-bond donors (Lipinski definition) is 1. The number of carbonyl (C=O) groups is 1. The van der Waals surface area contributed by atoms with E-state index >= 15 is 0 Å². The molecule has 0 radical (unpaired) electrons. The highest BCUT2D eigenvalue weighted by molar-refractivity contribution is 5.67. The molecular weight excluding hydrogens is 192 g/mol. The Balaban J connectivity index is 2.54. The van der Waals surface area contributed by atoms with Crippen molar-refractivity contribution in [2.45, 2.75) is 38.8 Å². The lowest BCUT2D eigenvalue weighted by atomic mass is 10.1. The van der Waals surface area contributed by atoms with Crippen LogP contribution in [-0.4, -0.2) is 59.6 Å². The summed E-state index contributed by atoms with van der Waals surface area (Å²) in [6.45, 7) is 7.31. The molecule has 1 aliphatic rings. The van der Waals surface area contributed by atoms with Crippen molar-refractivity contribution in [1.82, 2.24) is 9.80 Å². The third-order valence-corrected chi connectivity index (χ3v) is 3.17. The maximum absolute atomic E-state index is 10.7. The van der Waals surface area contributed by atoms with Crippen LogP contribution in [0, 0.1) is 0 Å². The zero-order chi connectivity index (χ0) is 11.4. The van der Waals surface area contributed by atoms with E-state index in [1.54, 1.807) is 0 Å². The lowest BCUT2D eigenvalue weighted by Gasteiger charge is -2.43. The van der Waals surface area contributed by atoms with Crippen molar-refractivity contribution < 1.29 is 9.90 Å². The summed E-state index contributed by atoms with van der Waals surface area (Å²) in [5.74, 6) is -0.696. The minimum absolute atomic E-state index is 0.172. The number of carboxylic acids is 1. The Morgan fingerprint density at radius 1 is 1.47 bits per heavy atom. The zero-order valence-electron chi connectivity index (χ0n) is 9.94. The molecule has 0 saturated carbocycles. The van der Waals surface area contributed by atoms with Crippen molar-refractivity contribution in [3.63, 3.8) is 0 Å². The SMILES string of the molecule is CCCN1CC(CC(=O)O)N(C)CC1C. The Kier molecular flexibility index (Phi) is 4.54. The Morgan fingerprint density at radius 2 is 2.13 bits per heavy atom. The van der Waals surface area contributed by atoms with Crippen molar-refractivity contribution in [3.05, 3.63) is 0 Å². The predicted molar refractivity (Wildman–Crippen MR) is 60.0 cm³/mol. The van der Waals surface area contributed by atoms with Gasteiger partial charge in [-0.15, -0.1) is 0 Å². The van der Waals surface area contributed by atoms with Crippen LogP contribution in [0.1, 0.15) is 26.7 Å². The number of hydrogen-bond acceptors (Lipinski definition) is 3. The Hall–Kier alpha value is -0.610. The largest absolute Gasteiger partial charge is 0.481 e. The predicted octanol–water partition coefficient (Wildman–Crippen LogP) is 0.876. The molecule has 4 nitrogen and oxygen atoms in total. The summed E-state index contributed by atoms with van der Waals surface area (Å²) < 4.78 is 0. The van der Waals surface area contributed by atoms with Crippen LogP contribution >= 0.6 is 0 Å². The van der Waals surface area contributed by atoms with Crippen LogP contribution in [0.25, 0.3) is 0 Å².